The van der Waals surface area contributed by atoms with Crippen molar-refractivity contribution in [2.75, 3.05) is 19.6 Å². The fourth-order valence-corrected chi connectivity index (χ4v) is 2.31. The van der Waals surface area contributed by atoms with Crippen LogP contribution < -0.4 is 11.1 Å². The number of hydrogen-bond acceptors (Lipinski definition) is 3. The van der Waals surface area contributed by atoms with Crippen molar-refractivity contribution >= 4 is 24.2 Å². The molecule has 0 aromatic heterocycles. The van der Waals surface area contributed by atoms with Gasteiger partial charge in [0.05, 0.1) is 6.54 Å². The second-order valence-electron chi connectivity index (χ2n) is 5.03. The van der Waals surface area contributed by atoms with Crippen LogP contribution in [-0.2, 0) is 11.3 Å². The molecule has 2 amide bonds. The summed E-state index contributed by atoms with van der Waals surface area (Å²) in [6, 6.07) is 7.09. The number of likely N-dealkylation sites (tertiary alicyclic amines) is 1. The van der Waals surface area contributed by atoms with Crippen molar-refractivity contribution in [1.29, 1.82) is 0 Å². The summed E-state index contributed by atoms with van der Waals surface area (Å²) in [7, 11) is 0. The second-order valence-corrected chi connectivity index (χ2v) is 5.03. The molecule has 0 radical (unpaired) electrons. The van der Waals surface area contributed by atoms with Crippen LogP contribution in [0.4, 0.5) is 0 Å². The van der Waals surface area contributed by atoms with E-state index in [1.807, 2.05) is 17.0 Å². The largest absolute Gasteiger partial charge is 0.343 e. The highest BCUT2D eigenvalue weighted by Gasteiger charge is 2.17. The lowest BCUT2D eigenvalue weighted by Gasteiger charge is -2.26. The van der Waals surface area contributed by atoms with Crippen molar-refractivity contribution in [2.45, 2.75) is 25.8 Å². The molecule has 0 spiro atoms. The molecule has 0 saturated carbocycles. The number of halogens is 1. The molecule has 1 aromatic carbocycles. The smallest absolute Gasteiger partial charge is 0.251 e. The summed E-state index contributed by atoms with van der Waals surface area (Å²) in [5, 5.41) is 2.67. The average Bonchev–Trinajstić information content (AvgIpc) is 2.53. The van der Waals surface area contributed by atoms with Crippen LogP contribution in [0.2, 0.25) is 0 Å². The molecule has 3 N–H and O–H groups in total. The minimum atomic E-state index is -0.223. The molecule has 0 unspecified atom stereocenters. The van der Waals surface area contributed by atoms with Crippen LogP contribution in [0.3, 0.4) is 0 Å². The molecule has 0 aliphatic carbocycles. The molecule has 1 aromatic rings. The van der Waals surface area contributed by atoms with Gasteiger partial charge in [-0.3, -0.25) is 9.59 Å². The first-order valence-electron chi connectivity index (χ1n) is 7.05. The molecule has 1 aliphatic rings. The molecule has 5 nitrogen and oxygen atoms in total. The number of nitrogens with two attached hydrogens (primary N) is 1. The number of nitrogens with one attached hydrogen (secondary N) is 1. The number of carbonyl (C=O) groups is 2. The van der Waals surface area contributed by atoms with Gasteiger partial charge in [-0.1, -0.05) is 12.1 Å². The van der Waals surface area contributed by atoms with E-state index in [2.05, 4.69) is 5.32 Å². The van der Waals surface area contributed by atoms with Gasteiger partial charge in [-0.25, -0.2) is 0 Å². The lowest BCUT2D eigenvalue weighted by Crippen LogP contribution is -2.42. The van der Waals surface area contributed by atoms with E-state index in [4.69, 9.17) is 5.73 Å². The monoisotopic (exact) mass is 311 g/mol. The van der Waals surface area contributed by atoms with Gasteiger partial charge in [-0.05, 0) is 37.0 Å². The standard InChI is InChI=1S/C15H21N3O2.ClH/c16-10-12-4-6-13(7-5-12)15(20)17-11-14(19)18-8-2-1-3-9-18;/h4-7H,1-3,8-11,16H2,(H,17,20);1H. The number of benzene rings is 1. The molecular weight excluding hydrogens is 290 g/mol. The van der Waals surface area contributed by atoms with Gasteiger partial charge in [0.2, 0.25) is 5.91 Å². The summed E-state index contributed by atoms with van der Waals surface area (Å²) in [5.41, 5.74) is 7.03. The number of amides is 2. The predicted molar refractivity (Wildman–Crippen MR) is 84.3 cm³/mol. The summed E-state index contributed by atoms with van der Waals surface area (Å²) in [5.74, 6) is -0.226. The van der Waals surface area contributed by atoms with Crippen LogP contribution in [0.15, 0.2) is 24.3 Å². The maximum atomic E-state index is 11.9. The number of carbonyl (C=O) groups excluding carboxylic acids is 2. The normalized spacial score (nSPS) is 14.2. The number of hydrogen-bond donors (Lipinski definition) is 2. The maximum Gasteiger partial charge on any atom is 0.251 e. The van der Waals surface area contributed by atoms with Crippen LogP contribution in [0, 0.1) is 0 Å². The van der Waals surface area contributed by atoms with Crippen LogP contribution in [0.1, 0.15) is 35.2 Å². The summed E-state index contributed by atoms with van der Waals surface area (Å²) >= 11 is 0. The highest BCUT2D eigenvalue weighted by atomic mass is 35.5. The van der Waals surface area contributed by atoms with Crippen molar-refractivity contribution in [3.63, 3.8) is 0 Å². The molecule has 1 saturated heterocycles. The zero-order chi connectivity index (χ0) is 14.4. The van der Waals surface area contributed by atoms with Crippen molar-refractivity contribution in [3.05, 3.63) is 35.4 Å². The Hall–Kier alpha value is -1.59. The van der Waals surface area contributed by atoms with E-state index in [0.717, 1.165) is 31.5 Å². The van der Waals surface area contributed by atoms with E-state index < -0.39 is 0 Å². The quantitative estimate of drug-likeness (QED) is 0.880. The highest BCUT2D eigenvalue weighted by molar-refractivity contribution is 5.96. The second kappa shape index (κ2) is 8.64. The summed E-state index contributed by atoms with van der Waals surface area (Å²) in [4.78, 5) is 25.7. The van der Waals surface area contributed by atoms with Crippen LogP contribution in [0.5, 0.6) is 0 Å². The zero-order valence-corrected chi connectivity index (χ0v) is 12.8. The average molecular weight is 312 g/mol. The predicted octanol–water partition coefficient (Wildman–Crippen LogP) is 1.31. The Bertz CT molecular complexity index is 470. The van der Waals surface area contributed by atoms with Gasteiger partial charge in [-0.2, -0.15) is 0 Å². The molecule has 6 heteroatoms. The third-order valence-corrected chi connectivity index (χ3v) is 3.56. The van der Waals surface area contributed by atoms with Crippen molar-refractivity contribution in [2.24, 2.45) is 5.73 Å². The molecule has 1 aliphatic heterocycles. The van der Waals surface area contributed by atoms with Gasteiger partial charge < -0.3 is 16.0 Å². The minimum Gasteiger partial charge on any atom is -0.343 e. The van der Waals surface area contributed by atoms with Gasteiger partial charge in [0.1, 0.15) is 0 Å². The van der Waals surface area contributed by atoms with Gasteiger partial charge in [0.15, 0.2) is 0 Å². The Labute approximate surface area is 131 Å². The summed E-state index contributed by atoms with van der Waals surface area (Å²) in [6.45, 7) is 2.13. The van der Waals surface area contributed by atoms with Crippen LogP contribution >= 0.6 is 12.4 Å². The highest BCUT2D eigenvalue weighted by Crippen LogP contribution is 2.08. The topological polar surface area (TPSA) is 75.4 Å². The van der Waals surface area contributed by atoms with Gasteiger partial charge in [0, 0.05) is 25.2 Å². The van der Waals surface area contributed by atoms with E-state index in [1.54, 1.807) is 12.1 Å². The summed E-state index contributed by atoms with van der Waals surface area (Å²) in [6.07, 6.45) is 3.30. The molecule has 1 heterocycles. The summed E-state index contributed by atoms with van der Waals surface area (Å²) < 4.78 is 0. The number of piperidine rings is 1. The van der Waals surface area contributed by atoms with Crippen LogP contribution in [0.25, 0.3) is 0 Å². The van der Waals surface area contributed by atoms with Gasteiger partial charge in [-0.15, -0.1) is 12.4 Å². The first-order valence-corrected chi connectivity index (χ1v) is 7.05. The Morgan fingerprint density at radius 1 is 1.10 bits per heavy atom. The van der Waals surface area contributed by atoms with E-state index in [9.17, 15) is 9.59 Å². The Morgan fingerprint density at radius 2 is 1.71 bits per heavy atom. The molecule has 116 valence electrons. The Morgan fingerprint density at radius 3 is 2.29 bits per heavy atom. The molecule has 0 bridgehead atoms. The van der Waals surface area contributed by atoms with E-state index in [-0.39, 0.29) is 30.8 Å². The fourth-order valence-electron chi connectivity index (χ4n) is 2.31. The minimum absolute atomic E-state index is 0. The lowest BCUT2D eigenvalue weighted by molar-refractivity contribution is -0.130. The lowest BCUT2D eigenvalue weighted by atomic mass is 10.1. The Kier molecular flexibility index (Phi) is 7.19. The van der Waals surface area contributed by atoms with Gasteiger partial charge in [0.25, 0.3) is 5.91 Å². The zero-order valence-electron chi connectivity index (χ0n) is 12.0. The third kappa shape index (κ3) is 5.02. The van der Waals surface area contributed by atoms with Crippen LogP contribution in [-0.4, -0.2) is 36.3 Å². The van der Waals surface area contributed by atoms with Crippen molar-refractivity contribution in [3.8, 4) is 0 Å². The van der Waals surface area contributed by atoms with E-state index >= 15 is 0 Å². The molecule has 2 rings (SSSR count). The number of nitrogens with zero attached hydrogens (tertiary/aromatic N) is 1. The van der Waals surface area contributed by atoms with Crippen molar-refractivity contribution in [1.82, 2.24) is 10.2 Å². The molecule has 21 heavy (non-hydrogen) atoms. The number of rotatable bonds is 4. The molecule has 1 fully saturated rings. The SMILES string of the molecule is Cl.NCc1ccc(C(=O)NCC(=O)N2CCCCC2)cc1. The first kappa shape index (κ1) is 17.5. The molecule has 0 atom stereocenters. The van der Waals surface area contributed by atoms with Gasteiger partial charge >= 0.3 is 0 Å². The van der Waals surface area contributed by atoms with E-state index in [1.165, 1.54) is 6.42 Å². The molecular formula is C15H22ClN3O2. The first-order chi connectivity index (χ1) is 9.70. The van der Waals surface area contributed by atoms with Crippen molar-refractivity contribution < 1.29 is 9.59 Å². The maximum absolute atomic E-state index is 11.9. The Balaban J connectivity index is 0.00000220. The van der Waals surface area contributed by atoms with E-state index in [0.29, 0.717) is 12.1 Å². The third-order valence-electron chi connectivity index (χ3n) is 3.56. The fraction of sp³-hybridized carbons (Fsp3) is 0.467.